The molecule has 1 saturated heterocycles. The van der Waals surface area contributed by atoms with Crippen molar-refractivity contribution in [1.82, 2.24) is 0 Å². The van der Waals surface area contributed by atoms with Gasteiger partial charge in [0.05, 0.1) is 12.2 Å². The molecule has 5 heteroatoms. The molecule has 0 radical (unpaired) electrons. The van der Waals surface area contributed by atoms with Crippen LogP contribution in [0.3, 0.4) is 0 Å². The van der Waals surface area contributed by atoms with Crippen LogP contribution in [0.5, 0.6) is 5.75 Å². The van der Waals surface area contributed by atoms with E-state index in [1.807, 2.05) is 13.8 Å². The lowest BCUT2D eigenvalue weighted by molar-refractivity contribution is -0.139. The molecule has 4 atom stereocenters. The highest BCUT2D eigenvalue weighted by Gasteiger charge is 2.39. The maximum absolute atomic E-state index is 14.5. The maximum atomic E-state index is 14.5. The lowest BCUT2D eigenvalue weighted by Crippen LogP contribution is -2.34. The lowest BCUT2D eigenvalue weighted by Gasteiger charge is -2.42. The number of carboxylic acids is 1. The normalized spacial score (nSPS) is 23.5. The first-order valence-electron chi connectivity index (χ1n) is 10.7. The molecular formula is C26H31FO4. The predicted octanol–water partition coefficient (Wildman–Crippen LogP) is 6.24. The van der Waals surface area contributed by atoms with Crippen molar-refractivity contribution in [2.45, 2.75) is 58.2 Å². The highest BCUT2D eigenvalue weighted by Crippen LogP contribution is 2.48. The fraction of sp³-hybridized carbons (Fsp3) is 0.423. The summed E-state index contributed by atoms with van der Waals surface area (Å²) >= 11 is 0. The van der Waals surface area contributed by atoms with Crippen molar-refractivity contribution in [3.05, 3.63) is 77.1 Å². The Hall–Kier alpha value is -2.66. The van der Waals surface area contributed by atoms with Crippen LogP contribution in [-0.2, 0) is 9.53 Å². The molecule has 1 aliphatic rings. The van der Waals surface area contributed by atoms with Gasteiger partial charge in [0.2, 0.25) is 0 Å². The summed E-state index contributed by atoms with van der Waals surface area (Å²) < 4.78 is 26.3. The van der Waals surface area contributed by atoms with Gasteiger partial charge in [0.25, 0.3) is 0 Å². The Morgan fingerprint density at radius 1 is 1.26 bits per heavy atom. The zero-order chi connectivity index (χ0) is 22.7. The molecule has 1 N–H and O–H groups in total. The molecule has 0 aromatic heterocycles. The summed E-state index contributed by atoms with van der Waals surface area (Å²) in [6.07, 6.45) is 0.233. The van der Waals surface area contributed by atoms with Crippen LogP contribution in [0.4, 0.5) is 4.39 Å². The highest BCUT2D eigenvalue weighted by atomic mass is 19.1. The van der Waals surface area contributed by atoms with Crippen LogP contribution in [0, 0.1) is 11.7 Å². The second-order valence-corrected chi connectivity index (χ2v) is 8.72. The van der Waals surface area contributed by atoms with Crippen LogP contribution in [-0.4, -0.2) is 23.8 Å². The Kier molecular flexibility index (Phi) is 7.16. The molecule has 3 rings (SSSR count). The molecule has 0 saturated carbocycles. The van der Waals surface area contributed by atoms with Gasteiger partial charge >= 0.3 is 5.97 Å². The molecule has 0 amide bonds. The first-order chi connectivity index (χ1) is 14.7. The molecule has 2 aromatic carbocycles. The minimum atomic E-state index is -1.16. The molecule has 1 heterocycles. The van der Waals surface area contributed by atoms with Gasteiger partial charge in [0, 0.05) is 17.4 Å². The van der Waals surface area contributed by atoms with Crippen LogP contribution in [0.2, 0.25) is 0 Å². The van der Waals surface area contributed by atoms with Gasteiger partial charge in [-0.1, -0.05) is 62.4 Å². The van der Waals surface area contributed by atoms with E-state index in [0.717, 1.165) is 12.0 Å². The van der Waals surface area contributed by atoms with Gasteiger partial charge in [0.1, 0.15) is 0 Å². The standard InChI is InChI=1S/C26H31FO4/c1-15(2)18-9-11-19(12-10-18)22-13-21(16(3)4)25(31-17(22)5)20-7-6-8-23(27)26(20)30-14-24(28)29/h6-12,15,17,21-22,25H,3,13-14H2,1-2,4-5H3,(H,28,29)/t17-,21+,22-,25+/m0/s1. The average molecular weight is 427 g/mol. The molecule has 0 aliphatic carbocycles. The van der Waals surface area contributed by atoms with E-state index in [1.165, 1.54) is 17.2 Å². The van der Waals surface area contributed by atoms with E-state index in [4.69, 9.17) is 14.6 Å². The second-order valence-electron chi connectivity index (χ2n) is 8.72. The Bertz CT molecular complexity index is 935. The van der Waals surface area contributed by atoms with Gasteiger partial charge in [-0.15, -0.1) is 0 Å². The third kappa shape index (κ3) is 5.16. The van der Waals surface area contributed by atoms with Gasteiger partial charge in [-0.2, -0.15) is 0 Å². The Labute approximate surface area is 183 Å². The van der Waals surface area contributed by atoms with E-state index in [0.29, 0.717) is 11.5 Å². The number of rotatable bonds is 7. The van der Waals surface area contributed by atoms with E-state index in [1.54, 1.807) is 12.1 Å². The van der Waals surface area contributed by atoms with Crippen molar-refractivity contribution in [3.8, 4) is 5.75 Å². The molecule has 4 nitrogen and oxygen atoms in total. The topological polar surface area (TPSA) is 55.8 Å². The number of carbonyl (C=O) groups is 1. The molecule has 0 unspecified atom stereocenters. The van der Waals surface area contributed by atoms with Gasteiger partial charge < -0.3 is 14.6 Å². The first kappa shape index (κ1) is 23.0. The van der Waals surface area contributed by atoms with Crippen molar-refractivity contribution in [2.75, 3.05) is 6.61 Å². The third-order valence-electron chi connectivity index (χ3n) is 6.11. The lowest BCUT2D eigenvalue weighted by atomic mass is 9.75. The number of halogens is 1. The van der Waals surface area contributed by atoms with Crippen molar-refractivity contribution >= 4 is 5.97 Å². The summed E-state index contributed by atoms with van der Waals surface area (Å²) in [5.41, 5.74) is 3.97. The van der Waals surface area contributed by atoms with Crippen molar-refractivity contribution in [3.63, 3.8) is 0 Å². The zero-order valence-electron chi connectivity index (χ0n) is 18.6. The summed E-state index contributed by atoms with van der Waals surface area (Å²) in [4.78, 5) is 11.0. The second kappa shape index (κ2) is 9.65. The Morgan fingerprint density at radius 3 is 2.52 bits per heavy atom. The number of hydrogen-bond acceptors (Lipinski definition) is 3. The van der Waals surface area contributed by atoms with Gasteiger partial charge in [0.15, 0.2) is 18.2 Å². The zero-order valence-corrected chi connectivity index (χ0v) is 18.6. The fourth-order valence-corrected chi connectivity index (χ4v) is 4.33. The van der Waals surface area contributed by atoms with Crippen LogP contribution in [0.15, 0.2) is 54.6 Å². The van der Waals surface area contributed by atoms with Crippen LogP contribution in [0.25, 0.3) is 0 Å². The van der Waals surface area contributed by atoms with Gasteiger partial charge in [-0.3, -0.25) is 0 Å². The molecule has 31 heavy (non-hydrogen) atoms. The van der Waals surface area contributed by atoms with E-state index in [-0.39, 0.29) is 23.7 Å². The minimum Gasteiger partial charge on any atom is -0.479 e. The molecule has 2 aromatic rings. The smallest absolute Gasteiger partial charge is 0.341 e. The van der Waals surface area contributed by atoms with Crippen LogP contribution in [0.1, 0.15) is 68.7 Å². The molecule has 0 spiro atoms. The number of benzene rings is 2. The summed E-state index contributed by atoms with van der Waals surface area (Å²) in [7, 11) is 0. The van der Waals surface area contributed by atoms with E-state index >= 15 is 0 Å². The molecule has 1 fully saturated rings. The molecule has 1 aliphatic heterocycles. The molecule has 166 valence electrons. The number of para-hydroxylation sites is 1. The third-order valence-corrected chi connectivity index (χ3v) is 6.11. The monoisotopic (exact) mass is 426 g/mol. The summed E-state index contributed by atoms with van der Waals surface area (Å²) in [6.45, 7) is 11.9. The Morgan fingerprint density at radius 2 is 1.94 bits per heavy atom. The van der Waals surface area contributed by atoms with Crippen LogP contribution < -0.4 is 4.74 Å². The van der Waals surface area contributed by atoms with Crippen molar-refractivity contribution in [2.24, 2.45) is 5.92 Å². The summed E-state index contributed by atoms with van der Waals surface area (Å²) in [6, 6.07) is 13.3. The fourth-order valence-electron chi connectivity index (χ4n) is 4.33. The predicted molar refractivity (Wildman–Crippen MR) is 119 cm³/mol. The van der Waals surface area contributed by atoms with Gasteiger partial charge in [-0.05, 0) is 43.4 Å². The first-order valence-corrected chi connectivity index (χ1v) is 10.7. The quantitative estimate of drug-likeness (QED) is 0.533. The van der Waals surface area contributed by atoms with Crippen LogP contribution >= 0.6 is 0 Å². The number of ether oxygens (including phenoxy) is 2. The largest absolute Gasteiger partial charge is 0.479 e. The van der Waals surface area contributed by atoms with Crippen molar-refractivity contribution < 1.29 is 23.8 Å². The van der Waals surface area contributed by atoms with Crippen molar-refractivity contribution in [1.29, 1.82) is 0 Å². The SMILES string of the molecule is C=C(C)[C@H]1C[C@H](c2ccc(C(C)C)cc2)[C@H](C)O[C@@H]1c1cccc(F)c1OCC(=O)O. The number of carboxylic acid groups (broad SMARTS) is 1. The summed E-state index contributed by atoms with van der Waals surface area (Å²) in [5, 5.41) is 8.97. The summed E-state index contributed by atoms with van der Waals surface area (Å²) in [5.74, 6) is -1.22. The minimum absolute atomic E-state index is 0.0556. The molecular weight excluding hydrogens is 395 g/mol. The van der Waals surface area contributed by atoms with E-state index in [9.17, 15) is 9.18 Å². The van der Waals surface area contributed by atoms with E-state index in [2.05, 4.69) is 44.7 Å². The highest BCUT2D eigenvalue weighted by molar-refractivity contribution is 5.68. The average Bonchev–Trinajstić information content (AvgIpc) is 2.72. The van der Waals surface area contributed by atoms with Gasteiger partial charge in [-0.25, -0.2) is 9.18 Å². The number of hydrogen-bond donors (Lipinski definition) is 1. The Balaban J connectivity index is 1.92. The molecule has 0 bridgehead atoms. The number of aliphatic carboxylic acids is 1. The maximum Gasteiger partial charge on any atom is 0.341 e. The van der Waals surface area contributed by atoms with E-state index < -0.39 is 24.5 Å².